The molecule has 2 aromatic heterocycles. The fraction of sp³-hybridized carbons (Fsp3) is 0.556. The van der Waals surface area contributed by atoms with Gasteiger partial charge in [0.15, 0.2) is 0 Å². The Labute approximate surface area is 152 Å². The molecule has 0 bridgehead atoms. The highest BCUT2D eigenvalue weighted by atomic mass is 16.3. The van der Waals surface area contributed by atoms with E-state index in [-0.39, 0.29) is 5.91 Å². The molecule has 0 aromatic carbocycles. The third-order valence-corrected chi connectivity index (χ3v) is 5.32. The first kappa shape index (κ1) is 17.1. The summed E-state index contributed by atoms with van der Waals surface area (Å²) in [5.74, 6) is -0.0326. The number of carbonyl (C=O) groups excluding carboxylic acids is 1. The van der Waals surface area contributed by atoms with Crippen LogP contribution in [0.5, 0.6) is 0 Å². The number of aromatic nitrogens is 4. The smallest absolute Gasteiger partial charge is 0.274 e. The molecule has 26 heavy (non-hydrogen) atoms. The van der Waals surface area contributed by atoms with Gasteiger partial charge in [-0.05, 0) is 25.8 Å². The van der Waals surface area contributed by atoms with Gasteiger partial charge in [-0.25, -0.2) is 4.98 Å². The minimum absolute atomic E-state index is 0.0326. The zero-order valence-corrected chi connectivity index (χ0v) is 15.0. The number of rotatable bonds is 3. The number of amides is 1. The molecule has 2 aliphatic rings. The Bertz CT molecular complexity index is 767. The molecule has 0 radical (unpaired) electrons. The fourth-order valence-corrected chi connectivity index (χ4v) is 3.83. The number of aliphatic hydroxyl groups excluding tert-OH is 1. The molecule has 1 atom stereocenters. The van der Waals surface area contributed by atoms with Crippen molar-refractivity contribution in [2.45, 2.75) is 45.0 Å². The highest BCUT2D eigenvalue weighted by Crippen LogP contribution is 2.24. The molecule has 4 heterocycles. The van der Waals surface area contributed by atoms with Crippen molar-refractivity contribution in [3.05, 3.63) is 41.7 Å². The summed E-state index contributed by atoms with van der Waals surface area (Å²) in [6, 6.07) is 2.48. The topological polar surface area (TPSA) is 87.4 Å². The molecule has 1 N–H and O–H groups in total. The maximum absolute atomic E-state index is 12.5. The number of fused-ring (bicyclic) bond motifs is 1. The fourth-order valence-electron chi connectivity index (χ4n) is 3.83. The minimum atomic E-state index is -0.531. The molecule has 8 heteroatoms. The molecule has 138 valence electrons. The van der Waals surface area contributed by atoms with E-state index in [1.54, 1.807) is 19.3 Å². The highest BCUT2D eigenvalue weighted by molar-refractivity contribution is 5.92. The van der Waals surface area contributed by atoms with Crippen molar-refractivity contribution < 1.29 is 9.90 Å². The van der Waals surface area contributed by atoms with Gasteiger partial charge in [0.05, 0.1) is 30.2 Å². The summed E-state index contributed by atoms with van der Waals surface area (Å²) in [6.07, 6.45) is 6.05. The Morgan fingerprint density at radius 3 is 2.73 bits per heavy atom. The zero-order valence-electron chi connectivity index (χ0n) is 15.0. The third-order valence-electron chi connectivity index (χ3n) is 5.32. The summed E-state index contributed by atoms with van der Waals surface area (Å²) in [5, 5.41) is 14.2. The molecule has 1 amide bonds. The minimum Gasteiger partial charge on any atom is -0.387 e. The van der Waals surface area contributed by atoms with Gasteiger partial charge in [-0.1, -0.05) is 0 Å². The highest BCUT2D eigenvalue weighted by Gasteiger charge is 2.30. The second-order valence-corrected chi connectivity index (χ2v) is 7.04. The Balaban J connectivity index is 1.36. The zero-order chi connectivity index (χ0) is 18.1. The van der Waals surface area contributed by atoms with E-state index in [4.69, 9.17) is 0 Å². The SMILES string of the molecule is C[C@@H](O)c1cc2n(n1)CCN(C1CCN(C(=O)c3cnccn3)CC1)C2. The molecule has 2 aliphatic heterocycles. The van der Waals surface area contributed by atoms with Crippen LogP contribution in [-0.4, -0.2) is 66.2 Å². The first-order chi connectivity index (χ1) is 12.6. The van der Waals surface area contributed by atoms with Crippen LogP contribution < -0.4 is 0 Å². The second-order valence-electron chi connectivity index (χ2n) is 7.04. The summed E-state index contributed by atoms with van der Waals surface area (Å²) >= 11 is 0. The predicted octanol–water partition coefficient (Wildman–Crippen LogP) is 0.847. The Morgan fingerprint density at radius 2 is 2.04 bits per heavy atom. The van der Waals surface area contributed by atoms with Crippen molar-refractivity contribution >= 4 is 5.91 Å². The maximum atomic E-state index is 12.5. The quantitative estimate of drug-likeness (QED) is 0.877. The van der Waals surface area contributed by atoms with Gasteiger partial charge in [0.1, 0.15) is 5.69 Å². The maximum Gasteiger partial charge on any atom is 0.274 e. The molecule has 1 saturated heterocycles. The van der Waals surface area contributed by atoms with Crippen LogP contribution in [0.15, 0.2) is 24.7 Å². The summed E-state index contributed by atoms with van der Waals surface area (Å²) in [7, 11) is 0. The van der Waals surface area contributed by atoms with E-state index < -0.39 is 6.10 Å². The van der Waals surface area contributed by atoms with Gasteiger partial charge in [-0.2, -0.15) is 5.10 Å². The van der Waals surface area contributed by atoms with Gasteiger partial charge in [-0.3, -0.25) is 19.4 Å². The van der Waals surface area contributed by atoms with E-state index in [0.717, 1.165) is 57.0 Å². The number of hydrogen-bond acceptors (Lipinski definition) is 6. The molecule has 1 fully saturated rings. The standard InChI is InChI=1S/C18H24N6O2/c1-13(25)16-10-15-12-23(8-9-24(15)21-16)14-2-6-22(7-3-14)18(26)17-11-19-4-5-20-17/h4-5,10-11,13-14,25H,2-3,6-9,12H2,1H3/t13-/m1/s1. The largest absolute Gasteiger partial charge is 0.387 e. The monoisotopic (exact) mass is 356 g/mol. The van der Waals surface area contributed by atoms with Crippen LogP contribution in [0, 0.1) is 0 Å². The number of hydrogen-bond donors (Lipinski definition) is 1. The predicted molar refractivity (Wildman–Crippen MR) is 94.2 cm³/mol. The van der Waals surface area contributed by atoms with Gasteiger partial charge in [-0.15, -0.1) is 0 Å². The Morgan fingerprint density at radius 1 is 1.23 bits per heavy atom. The van der Waals surface area contributed by atoms with Crippen molar-refractivity contribution in [3.8, 4) is 0 Å². The van der Waals surface area contributed by atoms with E-state index in [0.29, 0.717) is 11.7 Å². The van der Waals surface area contributed by atoms with Crippen LogP contribution in [0.2, 0.25) is 0 Å². The van der Waals surface area contributed by atoms with Crippen LogP contribution in [-0.2, 0) is 13.1 Å². The first-order valence-electron chi connectivity index (χ1n) is 9.16. The van der Waals surface area contributed by atoms with E-state index in [9.17, 15) is 9.90 Å². The van der Waals surface area contributed by atoms with Crippen molar-refractivity contribution in [1.82, 2.24) is 29.5 Å². The van der Waals surface area contributed by atoms with Gasteiger partial charge in [0, 0.05) is 44.6 Å². The molecule has 0 aliphatic carbocycles. The van der Waals surface area contributed by atoms with Crippen LogP contribution in [0.1, 0.15) is 47.7 Å². The molecule has 2 aromatic rings. The molecule has 0 unspecified atom stereocenters. The number of piperidine rings is 1. The molecular weight excluding hydrogens is 332 g/mol. The third kappa shape index (κ3) is 3.34. The molecule has 0 spiro atoms. The van der Waals surface area contributed by atoms with Gasteiger partial charge < -0.3 is 10.0 Å². The molecular formula is C18H24N6O2. The summed E-state index contributed by atoms with van der Waals surface area (Å²) in [4.78, 5) is 24.9. The number of aliphatic hydroxyl groups is 1. The van der Waals surface area contributed by atoms with Crippen molar-refractivity contribution in [2.75, 3.05) is 19.6 Å². The lowest BCUT2D eigenvalue weighted by Gasteiger charge is -2.40. The van der Waals surface area contributed by atoms with E-state index in [1.165, 1.54) is 6.20 Å². The first-order valence-corrected chi connectivity index (χ1v) is 9.16. The van der Waals surface area contributed by atoms with Gasteiger partial charge in [0.2, 0.25) is 0 Å². The van der Waals surface area contributed by atoms with Crippen molar-refractivity contribution in [1.29, 1.82) is 0 Å². The summed E-state index contributed by atoms with van der Waals surface area (Å²) < 4.78 is 2.01. The average Bonchev–Trinajstić information content (AvgIpc) is 3.12. The van der Waals surface area contributed by atoms with E-state index in [1.807, 2.05) is 15.6 Å². The van der Waals surface area contributed by atoms with Crippen LogP contribution in [0.25, 0.3) is 0 Å². The lowest BCUT2D eigenvalue weighted by Crippen LogP contribution is -2.48. The second kappa shape index (κ2) is 7.13. The molecule has 8 nitrogen and oxygen atoms in total. The lowest BCUT2D eigenvalue weighted by atomic mass is 10.0. The molecule has 4 rings (SSSR count). The van der Waals surface area contributed by atoms with Crippen molar-refractivity contribution in [3.63, 3.8) is 0 Å². The normalized spacial score (nSPS) is 20.0. The Kier molecular flexibility index (Phi) is 4.69. The van der Waals surface area contributed by atoms with E-state index in [2.05, 4.69) is 20.0 Å². The summed E-state index contributed by atoms with van der Waals surface area (Å²) in [6.45, 7) is 5.89. The van der Waals surface area contributed by atoms with Crippen LogP contribution in [0.3, 0.4) is 0 Å². The average molecular weight is 356 g/mol. The van der Waals surface area contributed by atoms with Crippen molar-refractivity contribution in [2.24, 2.45) is 0 Å². The molecule has 0 saturated carbocycles. The van der Waals surface area contributed by atoms with Crippen LogP contribution >= 0.6 is 0 Å². The Hall–Kier alpha value is -2.32. The van der Waals surface area contributed by atoms with Gasteiger partial charge >= 0.3 is 0 Å². The summed E-state index contributed by atoms with van der Waals surface area (Å²) in [5.41, 5.74) is 2.31. The number of nitrogens with zero attached hydrogens (tertiary/aromatic N) is 6. The van der Waals surface area contributed by atoms with Gasteiger partial charge in [0.25, 0.3) is 5.91 Å². The van der Waals surface area contributed by atoms with Crippen LogP contribution in [0.4, 0.5) is 0 Å². The lowest BCUT2D eigenvalue weighted by molar-refractivity contribution is 0.0564. The number of carbonyl (C=O) groups is 1. The number of likely N-dealkylation sites (tertiary alicyclic amines) is 1. The van der Waals surface area contributed by atoms with E-state index >= 15 is 0 Å².